The van der Waals surface area contributed by atoms with Gasteiger partial charge >= 0.3 is 0 Å². The van der Waals surface area contributed by atoms with Gasteiger partial charge in [-0.05, 0) is 54.3 Å². The Bertz CT molecular complexity index is 595. The van der Waals surface area contributed by atoms with Gasteiger partial charge in [0.15, 0.2) is 0 Å². The summed E-state index contributed by atoms with van der Waals surface area (Å²) in [7, 11) is 0. The number of anilines is 1. The molecule has 0 spiro atoms. The first-order chi connectivity index (χ1) is 9.24. The molecule has 0 saturated carbocycles. The molecule has 0 amide bonds. The Balaban J connectivity index is 1.92. The predicted octanol–water partition coefficient (Wildman–Crippen LogP) is 2.40. The van der Waals surface area contributed by atoms with Crippen molar-refractivity contribution in [1.29, 1.82) is 0 Å². The summed E-state index contributed by atoms with van der Waals surface area (Å²) in [5.74, 6) is 0.327. The SMILES string of the molecule is Nc1ccccc1CC1NCCc2ccc(O)cc21. The monoisotopic (exact) mass is 254 g/mol. The summed E-state index contributed by atoms with van der Waals surface area (Å²) < 4.78 is 0. The van der Waals surface area contributed by atoms with Crippen molar-refractivity contribution < 1.29 is 5.11 Å². The zero-order chi connectivity index (χ0) is 13.2. The Morgan fingerprint density at radius 3 is 2.89 bits per heavy atom. The quantitative estimate of drug-likeness (QED) is 0.721. The fourth-order valence-corrected chi connectivity index (χ4v) is 2.75. The van der Waals surface area contributed by atoms with Crippen LogP contribution in [-0.4, -0.2) is 11.7 Å². The molecule has 1 aliphatic heterocycles. The number of hydrogen-bond donors (Lipinski definition) is 3. The number of aromatic hydroxyl groups is 1. The Kier molecular flexibility index (Phi) is 3.13. The summed E-state index contributed by atoms with van der Waals surface area (Å²) in [5.41, 5.74) is 10.5. The van der Waals surface area contributed by atoms with Gasteiger partial charge in [-0.3, -0.25) is 0 Å². The summed E-state index contributed by atoms with van der Waals surface area (Å²) in [6, 6.07) is 13.8. The van der Waals surface area contributed by atoms with Crippen LogP contribution in [-0.2, 0) is 12.8 Å². The molecule has 2 aromatic carbocycles. The van der Waals surface area contributed by atoms with Gasteiger partial charge in [0.2, 0.25) is 0 Å². The van der Waals surface area contributed by atoms with Crippen molar-refractivity contribution in [2.24, 2.45) is 0 Å². The van der Waals surface area contributed by atoms with Crippen LogP contribution in [0, 0.1) is 0 Å². The molecule has 3 nitrogen and oxygen atoms in total. The van der Waals surface area contributed by atoms with E-state index in [1.165, 1.54) is 11.1 Å². The van der Waals surface area contributed by atoms with Crippen molar-refractivity contribution in [3.05, 3.63) is 59.2 Å². The Labute approximate surface area is 113 Å². The molecular formula is C16H18N2O. The fourth-order valence-electron chi connectivity index (χ4n) is 2.75. The Morgan fingerprint density at radius 1 is 1.21 bits per heavy atom. The molecule has 2 aromatic rings. The molecule has 1 heterocycles. The van der Waals surface area contributed by atoms with Crippen LogP contribution in [0.2, 0.25) is 0 Å². The van der Waals surface area contributed by atoms with Gasteiger partial charge in [-0.15, -0.1) is 0 Å². The normalized spacial score (nSPS) is 18.0. The molecule has 3 heteroatoms. The lowest BCUT2D eigenvalue weighted by Crippen LogP contribution is -2.31. The number of benzene rings is 2. The van der Waals surface area contributed by atoms with E-state index in [0.717, 1.165) is 30.6 Å². The van der Waals surface area contributed by atoms with Crippen molar-refractivity contribution >= 4 is 5.69 Å². The number of phenolic OH excluding ortho intramolecular Hbond substituents is 1. The van der Waals surface area contributed by atoms with Crippen LogP contribution in [0.1, 0.15) is 22.7 Å². The molecule has 3 rings (SSSR count). The van der Waals surface area contributed by atoms with Gasteiger partial charge in [-0.25, -0.2) is 0 Å². The number of nitrogen functional groups attached to an aromatic ring is 1. The van der Waals surface area contributed by atoms with E-state index in [1.807, 2.05) is 30.3 Å². The van der Waals surface area contributed by atoms with E-state index >= 15 is 0 Å². The van der Waals surface area contributed by atoms with Crippen molar-refractivity contribution in [3.63, 3.8) is 0 Å². The number of phenols is 1. The van der Waals surface area contributed by atoms with Gasteiger partial charge in [0.25, 0.3) is 0 Å². The minimum atomic E-state index is 0.223. The zero-order valence-electron chi connectivity index (χ0n) is 10.8. The first kappa shape index (κ1) is 12.1. The highest BCUT2D eigenvalue weighted by atomic mass is 16.3. The zero-order valence-corrected chi connectivity index (χ0v) is 10.8. The van der Waals surface area contributed by atoms with Crippen LogP contribution in [0.4, 0.5) is 5.69 Å². The van der Waals surface area contributed by atoms with Gasteiger partial charge in [-0.2, -0.15) is 0 Å². The van der Waals surface area contributed by atoms with E-state index in [9.17, 15) is 5.11 Å². The van der Waals surface area contributed by atoms with Gasteiger partial charge in [-0.1, -0.05) is 24.3 Å². The fraction of sp³-hybridized carbons (Fsp3) is 0.250. The maximum absolute atomic E-state index is 9.67. The summed E-state index contributed by atoms with van der Waals surface area (Å²) in [6.45, 7) is 0.967. The molecule has 1 unspecified atom stereocenters. The van der Waals surface area contributed by atoms with Gasteiger partial charge < -0.3 is 16.2 Å². The van der Waals surface area contributed by atoms with Gasteiger partial charge in [0, 0.05) is 11.7 Å². The second-order valence-electron chi connectivity index (χ2n) is 5.04. The molecule has 1 atom stereocenters. The van der Waals surface area contributed by atoms with Crippen molar-refractivity contribution in [3.8, 4) is 5.75 Å². The predicted molar refractivity (Wildman–Crippen MR) is 77.1 cm³/mol. The second kappa shape index (κ2) is 4.94. The highest BCUT2D eigenvalue weighted by Gasteiger charge is 2.20. The molecule has 0 radical (unpaired) electrons. The van der Waals surface area contributed by atoms with Crippen LogP contribution in [0.15, 0.2) is 42.5 Å². The summed E-state index contributed by atoms with van der Waals surface area (Å²) in [4.78, 5) is 0. The maximum atomic E-state index is 9.67. The third kappa shape index (κ3) is 2.42. The molecule has 0 saturated heterocycles. The highest BCUT2D eigenvalue weighted by Crippen LogP contribution is 2.30. The van der Waals surface area contributed by atoms with Crippen molar-refractivity contribution in [2.75, 3.05) is 12.3 Å². The molecule has 19 heavy (non-hydrogen) atoms. The van der Waals surface area contributed by atoms with Crippen LogP contribution < -0.4 is 11.1 Å². The minimum absolute atomic E-state index is 0.223. The lowest BCUT2D eigenvalue weighted by molar-refractivity contribution is 0.463. The molecule has 0 aromatic heterocycles. The third-order valence-electron chi connectivity index (χ3n) is 3.77. The molecule has 0 bridgehead atoms. The number of nitrogens with two attached hydrogens (primary N) is 1. The number of fused-ring (bicyclic) bond motifs is 1. The first-order valence-corrected chi connectivity index (χ1v) is 6.62. The van der Waals surface area contributed by atoms with E-state index in [4.69, 9.17) is 5.73 Å². The number of para-hydroxylation sites is 1. The van der Waals surface area contributed by atoms with Crippen LogP contribution in [0.3, 0.4) is 0 Å². The van der Waals surface area contributed by atoms with Crippen LogP contribution in [0.5, 0.6) is 5.75 Å². The highest BCUT2D eigenvalue weighted by molar-refractivity contribution is 5.48. The molecule has 0 fully saturated rings. The lowest BCUT2D eigenvalue weighted by Gasteiger charge is -2.27. The smallest absolute Gasteiger partial charge is 0.115 e. The van der Waals surface area contributed by atoms with Crippen molar-refractivity contribution in [1.82, 2.24) is 5.32 Å². The largest absolute Gasteiger partial charge is 0.508 e. The summed E-state index contributed by atoms with van der Waals surface area (Å²) in [5, 5.41) is 13.2. The van der Waals surface area contributed by atoms with E-state index in [0.29, 0.717) is 5.75 Å². The topological polar surface area (TPSA) is 58.3 Å². The van der Waals surface area contributed by atoms with Crippen LogP contribution in [0.25, 0.3) is 0 Å². The standard InChI is InChI=1S/C16H18N2O/c17-15-4-2-1-3-12(15)9-16-14-10-13(19)6-5-11(14)7-8-18-16/h1-6,10,16,18-19H,7-9,17H2. The average Bonchev–Trinajstić information content (AvgIpc) is 2.42. The van der Waals surface area contributed by atoms with E-state index in [-0.39, 0.29) is 6.04 Å². The van der Waals surface area contributed by atoms with E-state index in [1.54, 1.807) is 6.07 Å². The first-order valence-electron chi connectivity index (χ1n) is 6.62. The van der Waals surface area contributed by atoms with Crippen molar-refractivity contribution in [2.45, 2.75) is 18.9 Å². The van der Waals surface area contributed by atoms with Crippen LogP contribution >= 0.6 is 0 Å². The number of nitrogens with one attached hydrogen (secondary N) is 1. The Morgan fingerprint density at radius 2 is 2.05 bits per heavy atom. The second-order valence-corrected chi connectivity index (χ2v) is 5.04. The van der Waals surface area contributed by atoms with Gasteiger partial charge in [0.05, 0.1) is 0 Å². The number of rotatable bonds is 2. The van der Waals surface area contributed by atoms with Gasteiger partial charge in [0.1, 0.15) is 5.75 Å². The Hall–Kier alpha value is -2.00. The summed E-state index contributed by atoms with van der Waals surface area (Å²) in [6.07, 6.45) is 1.86. The maximum Gasteiger partial charge on any atom is 0.115 e. The summed E-state index contributed by atoms with van der Waals surface area (Å²) >= 11 is 0. The number of hydrogen-bond acceptors (Lipinski definition) is 3. The molecule has 1 aliphatic rings. The third-order valence-corrected chi connectivity index (χ3v) is 3.77. The van der Waals surface area contributed by atoms with E-state index in [2.05, 4.69) is 11.4 Å². The minimum Gasteiger partial charge on any atom is -0.508 e. The molecule has 0 aliphatic carbocycles. The molecule has 4 N–H and O–H groups in total. The molecular weight excluding hydrogens is 236 g/mol. The lowest BCUT2D eigenvalue weighted by atomic mass is 9.90. The molecule has 98 valence electrons. The van der Waals surface area contributed by atoms with E-state index < -0.39 is 0 Å². The average molecular weight is 254 g/mol.